The van der Waals surface area contributed by atoms with E-state index in [0.29, 0.717) is 17.4 Å². The quantitative estimate of drug-likeness (QED) is 0.769. The molecule has 0 atom stereocenters. The molecule has 0 radical (unpaired) electrons. The number of amides is 1. The summed E-state index contributed by atoms with van der Waals surface area (Å²) in [7, 11) is 1.67. The standard InChI is InChI=1S/C20H19N3O3/c1-23-14-22-18-10-9-15(12-17(18)19(23)24)8-5-11-21-20(25)26-13-16-6-3-2-4-7-16/h2-10,12,14H,11,13H2,1H3,(H,21,25). The fourth-order valence-corrected chi connectivity index (χ4v) is 2.44. The van der Waals surface area contributed by atoms with E-state index in [4.69, 9.17) is 4.74 Å². The normalized spacial score (nSPS) is 11.0. The summed E-state index contributed by atoms with van der Waals surface area (Å²) in [5, 5.41) is 3.22. The largest absolute Gasteiger partial charge is 0.445 e. The van der Waals surface area contributed by atoms with Crippen molar-refractivity contribution in [3.63, 3.8) is 0 Å². The molecule has 0 saturated heterocycles. The van der Waals surface area contributed by atoms with E-state index in [0.717, 1.165) is 11.1 Å². The van der Waals surface area contributed by atoms with Crippen LogP contribution in [0.3, 0.4) is 0 Å². The maximum atomic E-state index is 12.1. The molecule has 6 nitrogen and oxygen atoms in total. The van der Waals surface area contributed by atoms with Gasteiger partial charge in [0.1, 0.15) is 6.61 Å². The number of aryl methyl sites for hydroxylation is 1. The number of hydrogen-bond donors (Lipinski definition) is 1. The smallest absolute Gasteiger partial charge is 0.407 e. The summed E-state index contributed by atoms with van der Waals surface area (Å²) in [5.41, 5.74) is 2.37. The zero-order valence-electron chi connectivity index (χ0n) is 14.4. The molecule has 0 aliphatic heterocycles. The molecule has 0 aliphatic rings. The van der Waals surface area contributed by atoms with E-state index in [-0.39, 0.29) is 12.2 Å². The van der Waals surface area contributed by atoms with Gasteiger partial charge in [0.2, 0.25) is 0 Å². The van der Waals surface area contributed by atoms with Gasteiger partial charge in [-0.05, 0) is 23.3 Å². The number of nitrogens with one attached hydrogen (secondary N) is 1. The summed E-state index contributed by atoms with van der Waals surface area (Å²) < 4.78 is 6.58. The van der Waals surface area contributed by atoms with Crippen molar-refractivity contribution in [2.24, 2.45) is 7.05 Å². The molecule has 1 N–H and O–H groups in total. The van der Waals surface area contributed by atoms with Crippen LogP contribution in [-0.2, 0) is 18.4 Å². The molecule has 3 rings (SSSR count). The molecule has 1 amide bonds. The second kappa shape index (κ2) is 8.11. The van der Waals surface area contributed by atoms with Crippen molar-refractivity contribution in [2.75, 3.05) is 6.54 Å². The average molecular weight is 349 g/mol. The summed E-state index contributed by atoms with van der Waals surface area (Å²) in [6.07, 6.45) is 4.66. The Morgan fingerprint density at radius 2 is 2.04 bits per heavy atom. The highest BCUT2D eigenvalue weighted by atomic mass is 16.5. The van der Waals surface area contributed by atoms with Crippen molar-refractivity contribution in [3.05, 3.63) is 82.4 Å². The van der Waals surface area contributed by atoms with Crippen LogP contribution >= 0.6 is 0 Å². The van der Waals surface area contributed by atoms with E-state index < -0.39 is 6.09 Å². The molecule has 3 aromatic rings. The number of nitrogens with zero attached hydrogens (tertiary/aromatic N) is 2. The van der Waals surface area contributed by atoms with Gasteiger partial charge < -0.3 is 14.6 Å². The minimum atomic E-state index is -0.477. The number of carbonyl (C=O) groups is 1. The molecule has 0 spiro atoms. The number of fused-ring (bicyclic) bond motifs is 1. The fraction of sp³-hybridized carbons (Fsp3) is 0.150. The summed E-state index contributed by atoms with van der Waals surface area (Å²) in [6, 6.07) is 15.0. The topological polar surface area (TPSA) is 73.2 Å². The Labute approximate surface area is 150 Å². The van der Waals surface area contributed by atoms with Gasteiger partial charge in [-0.3, -0.25) is 4.79 Å². The molecular formula is C20H19N3O3. The lowest BCUT2D eigenvalue weighted by Gasteiger charge is -2.05. The highest BCUT2D eigenvalue weighted by Crippen LogP contribution is 2.11. The van der Waals surface area contributed by atoms with Crippen LogP contribution in [0, 0.1) is 0 Å². The third-order valence-corrected chi connectivity index (χ3v) is 3.83. The van der Waals surface area contributed by atoms with Crippen LogP contribution in [0.1, 0.15) is 11.1 Å². The van der Waals surface area contributed by atoms with Crippen LogP contribution in [0.5, 0.6) is 0 Å². The molecule has 0 unspecified atom stereocenters. The predicted molar refractivity (Wildman–Crippen MR) is 101 cm³/mol. The highest BCUT2D eigenvalue weighted by molar-refractivity contribution is 5.80. The summed E-state index contributed by atoms with van der Waals surface area (Å²) >= 11 is 0. The molecule has 0 saturated carbocycles. The molecule has 2 aromatic carbocycles. The Hall–Kier alpha value is -3.41. The van der Waals surface area contributed by atoms with Gasteiger partial charge in [0.15, 0.2) is 0 Å². The van der Waals surface area contributed by atoms with E-state index in [1.165, 1.54) is 10.9 Å². The van der Waals surface area contributed by atoms with Crippen LogP contribution in [0.4, 0.5) is 4.79 Å². The second-order valence-corrected chi connectivity index (χ2v) is 5.78. The van der Waals surface area contributed by atoms with Crippen LogP contribution < -0.4 is 10.9 Å². The number of alkyl carbamates (subject to hydrolysis) is 1. The van der Waals surface area contributed by atoms with Crippen molar-refractivity contribution in [1.82, 2.24) is 14.9 Å². The van der Waals surface area contributed by atoms with Gasteiger partial charge in [0.05, 0.1) is 17.2 Å². The molecule has 1 aromatic heterocycles. The van der Waals surface area contributed by atoms with E-state index in [1.807, 2.05) is 42.5 Å². The van der Waals surface area contributed by atoms with Gasteiger partial charge in [0.25, 0.3) is 5.56 Å². The lowest BCUT2D eigenvalue weighted by molar-refractivity contribution is 0.141. The lowest BCUT2D eigenvalue weighted by Crippen LogP contribution is -2.24. The summed E-state index contributed by atoms with van der Waals surface area (Å²) in [4.78, 5) is 28.0. The molecule has 6 heteroatoms. The Balaban J connectivity index is 1.54. The first-order valence-corrected chi connectivity index (χ1v) is 8.20. The van der Waals surface area contributed by atoms with Gasteiger partial charge in [-0.25, -0.2) is 9.78 Å². The van der Waals surface area contributed by atoms with Crippen LogP contribution in [-0.4, -0.2) is 22.2 Å². The number of aromatic nitrogens is 2. The molecule has 132 valence electrons. The Morgan fingerprint density at radius 3 is 2.85 bits per heavy atom. The van der Waals surface area contributed by atoms with E-state index in [1.54, 1.807) is 25.3 Å². The summed E-state index contributed by atoms with van der Waals surface area (Å²) in [5.74, 6) is 0. The third-order valence-electron chi connectivity index (χ3n) is 3.83. The minimum absolute atomic E-state index is 0.0899. The maximum Gasteiger partial charge on any atom is 0.407 e. The molecular weight excluding hydrogens is 330 g/mol. The third kappa shape index (κ3) is 4.36. The molecule has 0 aliphatic carbocycles. The molecule has 26 heavy (non-hydrogen) atoms. The van der Waals surface area contributed by atoms with Crippen molar-refractivity contribution in [3.8, 4) is 0 Å². The zero-order chi connectivity index (χ0) is 18.4. The Kier molecular flexibility index (Phi) is 5.43. The van der Waals surface area contributed by atoms with E-state index >= 15 is 0 Å². The minimum Gasteiger partial charge on any atom is -0.445 e. The van der Waals surface area contributed by atoms with Crippen molar-refractivity contribution < 1.29 is 9.53 Å². The average Bonchev–Trinajstić information content (AvgIpc) is 2.67. The van der Waals surface area contributed by atoms with Gasteiger partial charge in [-0.1, -0.05) is 48.6 Å². The number of hydrogen-bond acceptors (Lipinski definition) is 4. The van der Waals surface area contributed by atoms with Gasteiger partial charge >= 0.3 is 6.09 Å². The van der Waals surface area contributed by atoms with Crippen molar-refractivity contribution in [1.29, 1.82) is 0 Å². The van der Waals surface area contributed by atoms with Gasteiger partial charge in [0, 0.05) is 13.6 Å². The van der Waals surface area contributed by atoms with Gasteiger partial charge in [-0.2, -0.15) is 0 Å². The fourth-order valence-electron chi connectivity index (χ4n) is 2.44. The maximum absolute atomic E-state index is 12.1. The molecule has 0 bridgehead atoms. The van der Waals surface area contributed by atoms with Crippen molar-refractivity contribution >= 4 is 23.1 Å². The predicted octanol–water partition coefficient (Wildman–Crippen LogP) is 2.87. The highest BCUT2D eigenvalue weighted by Gasteiger charge is 2.02. The van der Waals surface area contributed by atoms with Crippen LogP contribution in [0.25, 0.3) is 17.0 Å². The Morgan fingerprint density at radius 1 is 1.23 bits per heavy atom. The SMILES string of the molecule is Cn1cnc2ccc(C=CCNC(=O)OCc3ccccc3)cc2c1=O. The van der Waals surface area contributed by atoms with Crippen molar-refractivity contribution in [2.45, 2.75) is 6.61 Å². The first kappa shape index (κ1) is 17.4. The zero-order valence-corrected chi connectivity index (χ0v) is 14.4. The monoisotopic (exact) mass is 349 g/mol. The Bertz CT molecular complexity index is 994. The number of carbonyl (C=O) groups excluding carboxylic acids is 1. The van der Waals surface area contributed by atoms with Crippen LogP contribution in [0.15, 0.2) is 65.7 Å². The van der Waals surface area contributed by atoms with Gasteiger partial charge in [-0.15, -0.1) is 0 Å². The first-order valence-electron chi connectivity index (χ1n) is 8.20. The molecule has 0 fully saturated rings. The lowest BCUT2D eigenvalue weighted by atomic mass is 10.1. The number of rotatable bonds is 5. The second-order valence-electron chi connectivity index (χ2n) is 5.78. The number of benzene rings is 2. The van der Waals surface area contributed by atoms with E-state index in [9.17, 15) is 9.59 Å². The first-order chi connectivity index (χ1) is 12.6. The molecule has 1 heterocycles. The van der Waals surface area contributed by atoms with Crippen LogP contribution in [0.2, 0.25) is 0 Å². The number of ether oxygens (including phenoxy) is 1. The summed E-state index contributed by atoms with van der Waals surface area (Å²) in [6.45, 7) is 0.564. The van der Waals surface area contributed by atoms with E-state index in [2.05, 4.69) is 10.3 Å².